The van der Waals surface area contributed by atoms with Crippen molar-refractivity contribution >= 4 is 6.09 Å². The third-order valence-corrected chi connectivity index (χ3v) is 6.62. The van der Waals surface area contributed by atoms with Crippen LogP contribution in [-0.4, -0.2) is 24.1 Å². The van der Waals surface area contributed by atoms with Crippen molar-refractivity contribution in [3.05, 3.63) is 51.6 Å². The van der Waals surface area contributed by atoms with Crippen LogP contribution in [0.3, 0.4) is 0 Å². The minimum Gasteiger partial charge on any atom is -0.409 e. The molecule has 3 nitrogen and oxygen atoms in total. The normalized spacial score (nSPS) is 12.1. The van der Waals surface area contributed by atoms with Gasteiger partial charge in [-0.1, -0.05) is 59.7 Å². The average molecular weight is 438 g/mol. The van der Waals surface area contributed by atoms with Crippen molar-refractivity contribution in [2.24, 2.45) is 0 Å². The zero-order chi connectivity index (χ0) is 24.6. The summed E-state index contributed by atoms with van der Waals surface area (Å²) < 4.78 is 6.24. The van der Waals surface area contributed by atoms with Gasteiger partial charge >= 0.3 is 6.09 Å². The van der Waals surface area contributed by atoms with Gasteiger partial charge in [-0.3, -0.25) is 0 Å². The Hall–Kier alpha value is -2.29. The van der Waals surface area contributed by atoms with Gasteiger partial charge in [0.25, 0.3) is 0 Å². The Labute approximate surface area is 196 Å². The number of carbonyl (C=O) groups excluding carboxylic acids is 1. The predicted molar refractivity (Wildman–Crippen MR) is 137 cm³/mol. The molecule has 0 saturated carbocycles. The molecule has 0 atom stereocenters. The number of amides is 1. The van der Waals surface area contributed by atoms with E-state index >= 15 is 0 Å². The van der Waals surface area contributed by atoms with Crippen molar-refractivity contribution in [2.75, 3.05) is 13.1 Å². The summed E-state index contributed by atoms with van der Waals surface area (Å²) in [6.07, 6.45) is -0.286. The molecule has 0 aliphatic heterocycles. The zero-order valence-electron chi connectivity index (χ0n) is 22.4. The number of nitrogens with zero attached hydrogens (tertiary/aromatic N) is 1. The van der Waals surface area contributed by atoms with Gasteiger partial charge in [0.1, 0.15) is 5.75 Å². The van der Waals surface area contributed by atoms with Crippen molar-refractivity contribution < 1.29 is 9.53 Å². The van der Waals surface area contributed by atoms with Gasteiger partial charge in [0.2, 0.25) is 0 Å². The molecule has 0 bridgehead atoms. The largest absolute Gasteiger partial charge is 0.415 e. The fourth-order valence-corrected chi connectivity index (χ4v) is 4.07. The van der Waals surface area contributed by atoms with Crippen LogP contribution >= 0.6 is 0 Å². The number of hydrogen-bond donors (Lipinski definition) is 0. The van der Waals surface area contributed by atoms with Gasteiger partial charge in [-0.15, -0.1) is 0 Å². The smallest absolute Gasteiger partial charge is 0.409 e. The van der Waals surface area contributed by atoms with E-state index in [1.54, 1.807) is 4.90 Å². The van der Waals surface area contributed by atoms with Crippen LogP contribution in [0.2, 0.25) is 0 Å². The Bertz CT molecular complexity index is 1000. The van der Waals surface area contributed by atoms with Gasteiger partial charge in [-0.2, -0.15) is 0 Å². The molecule has 0 unspecified atom stereocenters. The molecule has 0 fully saturated rings. The lowest BCUT2D eigenvalue weighted by Crippen LogP contribution is -2.34. The molecule has 0 aromatic heterocycles. The van der Waals surface area contributed by atoms with Crippen molar-refractivity contribution in [1.29, 1.82) is 0 Å². The molecule has 32 heavy (non-hydrogen) atoms. The lowest BCUT2D eigenvalue weighted by Gasteiger charge is -2.30. The molecule has 0 radical (unpaired) electrons. The van der Waals surface area contributed by atoms with E-state index in [4.69, 9.17) is 4.74 Å². The SMILES string of the molecule is CCN(CC)C(=O)Oc1c(C(C)(C)C)cc(C)c(C)c1-c1cc(C(C)(C)C)cc(C)c1C. The maximum Gasteiger partial charge on any atom is 0.415 e. The van der Waals surface area contributed by atoms with Crippen molar-refractivity contribution in [2.45, 2.75) is 93.9 Å². The Morgan fingerprint density at radius 1 is 0.812 bits per heavy atom. The Kier molecular flexibility index (Phi) is 7.54. The van der Waals surface area contributed by atoms with Crippen LogP contribution in [0.1, 0.15) is 88.8 Å². The summed E-state index contributed by atoms with van der Waals surface area (Å²) in [5.41, 5.74) is 9.26. The number of benzene rings is 2. The number of aryl methyl sites for hydroxylation is 2. The third kappa shape index (κ3) is 5.19. The first-order valence-corrected chi connectivity index (χ1v) is 11.9. The van der Waals surface area contributed by atoms with Crippen LogP contribution in [0.25, 0.3) is 11.1 Å². The monoisotopic (exact) mass is 437 g/mol. The summed E-state index contributed by atoms with van der Waals surface area (Å²) in [6.45, 7) is 27.1. The van der Waals surface area contributed by atoms with E-state index in [0.717, 1.165) is 22.3 Å². The van der Waals surface area contributed by atoms with E-state index in [0.29, 0.717) is 18.8 Å². The van der Waals surface area contributed by atoms with Crippen LogP contribution in [0.5, 0.6) is 5.75 Å². The zero-order valence-corrected chi connectivity index (χ0v) is 22.4. The lowest BCUT2D eigenvalue weighted by molar-refractivity contribution is 0.156. The van der Waals surface area contributed by atoms with E-state index in [-0.39, 0.29) is 16.9 Å². The molecule has 176 valence electrons. The molecule has 2 rings (SSSR count). The lowest BCUT2D eigenvalue weighted by atomic mass is 9.78. The maximum absolute atomic E-state index is 13.1. The summed E-state index contributed by atoms with van der Waals surface area (Å²) in [6, 6.07) is 6.78. The molecule has 0 aliphatic rings. The highest BCUT2D eigenvalue weighted by atomic mass is 16.6. The molecule has 2 aromatic carbocycles. The Morgan fingerprint density at radius 2 is 1.34 bits per heavy atom. The molecule has 0 aliphatic carbocycles. The molecule has 1 amide bonds. The van der Waals surface area contributed by atoms with Gasteiger partial charge in [0.05, 0.1) is 0 Å². The highest BCUT2D eigenvalue weighted by Gasteiger charge is 2.29. The summed E-state index contributed by atoms with van der Waals surface area (Å²) in [7, 11) is 0. The highest BCUT2D eigenvalue weighted by Crippen LogP contribution is 2.45. The first-order chi connectivity index (χ1) is 14.6. The molecule has 0 heterocycles. The standard InChI is InChI=1S/C29H43NO2/c1-13-30(14-2)27(31)32-26-24(29(10,11)12)16-19(4)21(6)25(26)23-17-22(28(7,8)9)15-18(3)20(23)5/h15-17H,13-14H2,1-12H3. The Balaban J connectivity index is 2.96. The first kappa shape index (κ1) is 26.0. The second-order valence-corrected chi connectivity index (χ2v) is 11.1. The second kappa shape index (κ2) is 9.29. The summed E-state index contributed by atoms with van der Waals surface area (Å²) in [5.74, 6) is 0.700. The Morgan fingerprint density at radius 3 is 1.81 bits per heavy atom. The van der Waals surface area contributed by atoms with Crippen molar-refractivity contribution in [3.63, 3.8) is 0 Å². The maximum atomic E-state index is 13.1. The van der Waals surface area contributed by atoms with Crippen LogP contribution in [0.4, 0.5) is 4.79 Å². The topological polar surface area (TPSA) is 29.5 Å². The summed E-state index contributed by atoms with van der Waals surface area (Å²) >= 11 is 0. The van der Waals surface area contributed by atoms with Crippen molar-refractivity contribution in [3.8, 4) is 16.9 Å². The van der Waals surface area contributed by atoms with Crippen LogP contribution in [0, 0.1) is 27.7 Å². The highest BCUT2D eigenvalue weighted by molar-refractivity contribution is 5.84. The fourth-order valence-electron chi connectivity index (χ4n) is 4.07. The third-order valence-electron chi connectivity index (χ3n) is 6.62. The van der Waals surface area contributed by atoms with E-state index < -0.39 is 0 Å². The van der Waals surface area contributed by atoms with Crippen LogP contribution in [-0.2, 0) is 10.8 Å². The molecule has 0 saturated heterocycles. The van der Waals surface area contributed by atoms with Gasteiger partial charge in [0.15, 0.2) is 0 Å². The van der Waals surface area contributed by atoms with Gasteiger partial charge < -0.3 is 9.64 Å². The van der Waals surface area contributed by atoms with Gasteiger partial charge in [0, 0.05) is 24.2 Å². The number of rotatable bonds is 4. The number of ether oxygens (including phenoxy) is 1. The van der Waals surface area contributed by atoms with Crippen molar-refractivity contribution in [1.82, 2.24) is 4.90 Å². The molecular formula is C29H43NO2. The summed E-state index contributed by atoms with van der Waals surface area (Å²) in [4.78, 5) is 14.8. The van der Waals surface area contributed by atoms with E-state index in [1.807, 2.05) is 13.8 Å². The predicted octanol–water partition coefficient (Wildman–Crippen LogP) is 8.02. The molecule has 0 spiro atoms. The van der Waals surface area contributed by atoms with E-state index in [1.165, 1.54) is 22.3 Å². The summed E-state index contributed by atoms with van der Waals surface area (Å²) in [5, 5.41) is 0. The minimum absolute atomic E-state index is 0.0237. The molecule has 3 heteroatoms. The molecule has 0 N–H and O–H groups in total. The van der Waals surface area contributed by atoms with Crippen LogP contribution in [0.15, 0.2) is 18.2 Å². The molecule has 2 aromatic rings. The van der Waals surface area contributed by atoms with E-state index in [2.05, 4.69) is 87.4 Å². The first-order valence-electron chi connectivity index (χ1n) is 11.9. The number of hydrogen-bond acceptors (Lipinski definition) is 2. The molecular weight excluding hydrogens is 394 g/mol. The van der Waals surface area contributed by atoms with Gasteiger partial charge in [-0.25, -0.2) is 4.79 Å². The fraction of sp³-hybridized carbons (Fsp3) is 0.552. The van der Waals surface area contributed by atoms with E-state index in [9.17, 15) is 4.79 Å². The quantitative estimate of drug-likeness (QED) is 0.484. The second-order valence-electron chi connectivity index (χ2n) is 11.1. The average Bonchev–Trinajstić information content (AvgIpc) is 2.66. The number of carbonyl (C=O) groups is 1. The van der Waals surface area contributed by atoms with Gasteiger partial charge in [-0.05, 0) is 85.8 Å². The van der Waals surface area contributed by atoms with Crippen LogP contribution < -0.4 is 4.74 Å². The minimum atomic E-state index is -0.286.